The van der Waals surface area contributed by atoms with E-state index in [-0.39, 0.29) is 6.04 Å². The number of hydrogen-bond donors (Lipinski definition) is 1. The fourth-order valence-electron chi connectivity index (χ4n) is 2.28. The summed E-state index contributed by atoms with van der Waals surface area (Å²) in [5, 5.41) is 2.11. The first-order valence-electron chi connectivity index (χ1n) is 5.26. The lowest BCUT2D eigenvalue weighted by molar-refractivity contribution is 0.453. The third kappa shape index (κ3) is 2.38. The monoisotopic (exact) mass is 273 g/mol. The fourth-order valence-corrected chi connectivity index (χ4v) is 3.97. The zero-order valence-electron chi connectivity index (χ0n) is 8.21. The highest BCUT2D eigenvalue weighted by atomic mass is 79.9. The third-order valence-electron chi connectivity index (χ3n) is 3.04. The molecule has 1 aliphatic rings. The second-order valence-electron chi connectivity index (χ2n) is 4.13. The normalized spacial score (nSPS) is 20.1. The van der Waals surface area contributed by atoms with Crippen LogP contribution < -0.4 is 5.73 Å². The molecule has 1 atom stereocenters. The summed E-state index contributed by atoms with van der Waals surface area (Å²) in [6.45, 7) is 0. The number of rotatable bonds is 3. The van der Waals surface area contributed by atoms with Crippen molar-refractivity contribution in [2.24, 2.45) is 11.7 Å². The molecule has 1 unspecified atom stereocenters. The number of thiophene rings is 1. The molecule has 1 fully saturated rings. The molecule has 1 aromatic rings. The molecule has 0 amide bonds. The van der Waals surface area contributed by atoms with Crippen LogP contribution in [0.2, 0.25) is 0 Å². The van der Waals surface area contributed by atoms with Crippen LogP contribution in [0.15, 0.2) is 15.9 Å². The largest absolute Gasteiger partial charge is 0.323 e. The van der Waals surface area contributed by atoms with Gasteiger partial charge in [0, 0.05) is 15.4 Å². The average Bonchev–Trinajstić information content (AvgIpc) is 2.75. The lowest BCUT2D eigenvalue weighted by atomic mass is 9.98. The van der Waals surface area contributed by atoms with E-state index in [4.69, 9.17) is 5.73 Å². The highest BCUT2D eigenvalue weighted by Crippen LogP contribution is 2.36. The Morgan fingerprint density at radius 2 is 2.21 bits per heavy atom. The van der Waals surface area contributed by atoms with Gasteiger partial charge in [-0.05, 0) is 39.7 Å². The molecule has 78 valence electrons. The lowest BCUT2D eigenvalue weighted by Gasteiger charge is -2.15. The van der Waals surface area contributed by atoms with Crippen LogP contribution in [0.4, 0.5) is 0 Å². The minimum Gasteiger partial charge on any atom is -0.323 e. The van der Waals surface area contributed by atoms with Crippen molar-refractivity contribution < 1.29 is 0 Å². The minimum absolute atomic E-state index is 0.243. The van der Waals surface area contributed by atoms with Gasteiger partial charge < -0.3 is 5.73 Å². The quantitative estimate of drug-likeness (QED) is 0.882. The van der Waals surface area contributed by atoms with Gasteiger partial charge in [-0.1, -0.05) is 25.7 Å². The Bertz CT molecular complexity index is 291. The van der Waals surface area contributed by atoms with Crippen molar-refractivity contribution >= 4 is 27.3 Å². The maximum atomic E-state index is 6.20. The molecule has 2 N–H and O–H groups in total. The summed E-state index contributed by atoms with van der Waals surface area (Å²) < 4.78 is 1.19. The second-order valence-corrected chi connectivity index (χ2v) is 5.93. The molecule has 14 heavy (non-hydrogen) atoms. The van der Waals surface area contributed by atoms with E-state index in [0.29, 0.717) is 0 Å². The summed E-state index contributed by atoms with van der Waals surface area (Å²) in [7, 11) is 0. The summed E-state index contributed by atoms with van der Waals surface area (Å²) in [5.41, 5.74) is 6.20. The van der Waals surface area contributed by atoms with Gasteiger partial charge in [0.15, 0.2) is 0 Å². The lowest BCUT2D eigenvalue weighted by Crippen LogP contribution is -2.13. The highest BCUT2D eigenvalue weighted by molar-refractivity contribution is 9.10. The molecule has 0 aliphatic heterocycles. The van der Waals surface area contributed by atoms with Crippen molar-refractivity contribution in [3.05, 3.63) is 20.8 Å². The van der Waals surface area contributed by atoms with Crippen molar-refractivity contribution in [2.45, 2.75) is 38.1 Å². The van der Waals surface area contributed by atoms with Gasteiger partial charge in [0.2, 0.25) is 0 Å². The second kappa shape index (κ2) is 4.77. The molecule has 0 radical (unpaired) electrons. The minimum atomic E-state index is 0.243. The molecule has 1 heterocycles. The Morgan fingerprint density at radius 3 is 2.79 bits per heavy atom. The van der Waals surface area contributed by atoms with Gasteiger partial charge in [0.05, 0.1) is 0 Å². The molecule has 0 aromatic carbocycles. The van der Waals surface area contributed by atoms with Gasteiger partial charge in [0.1, 0.15) is 0 Å². The Hall–Kier alpha value is 0.140. The van der Waals surface area contributed by atoms with Crippen molar-refractivity contribution in [1.29, 1.82) is 0 Å². The Balaban J connectivity index is 1.95. The van der Waals surface area contributed by atoms with E-state index in [2.05, 4.69) is 27.4 Å². The zero-order chi connectivity index (χ0) is 9.97. The average molecular weight is 274 g/mol. The van der Waals surface area contributed by atoms with Crippen LogP contribution in [-0.4, -0.2) is 0 Å². The van der Waals surface area contributed by atoms with Crippen LogP contribution in [0.1, 0.15) is 43.0 Å². The summed E-state index contributed by atoms with van der Waals surface area (Å²) in [6, 6.07) is 2.33. The molecule has 0 spiro atoms. The topological polar surface area (TPSA) is 26.0 Å². The summed E-state index contributed by atoms with van der Waals surface area (Å²) >= 11 is 5.32. The van der Waals surface area contributed by atoms with Crippen LogP contribution >= 0.6 is 27.3 Å². The van der Waals surface area contributed by atoms with E-state index >= 15 is 0 Å². The first-order chi connectivity index (χ1) is 6.77. The van der Waals surface area contributed by atoms with Crippen molar-refractivity contribution in [1.82, 2.24) is 0 Å². The van der Waals surface area contributed by atoms with Crippen LogP contribution in [0.3, 0.4) is 0 Å². The molecule has 1 aromatic heterocycles. The first kappa shape index (κ1) is 10.7. The fraction of sp³-hybridized carbons (Fsp3) is 0.636. The Morgan fingerprint density at radius 1 is 1.50 bits per heavy atom. The smallest absolute Gasteiger partial charge is 0.0403 e. The van der Waals surface area contributed by atoms with E-state index in [0.717, 1.165) is 5.92 Å². The summed E-state index contributed by atoms with van der Waals surface area (Å²) in [4.78, 5) is 1.32. The van der Waals surface area contributed by atoms with Gasteiger partial charge in [-0.25, -0.2) is 0 Å². The van der Waals surface area contributed by atoms with Gasteiger partial charge in [-0.2, -0.15) is 0 Å². The predicted octanol–water partition coefficient (Wildman–Crippen LogP) is 4.09. The van der Waals surface area contributed by atoms with Crippen molar-refractivity contribution in [3.63, 3.8) is 0 Å². The highest BCUT2D eigenvalue weighted by Gasteiger charge is 2.20. The zero-order valence-corrected chi connectivity index (χ0v) is 10.6. The molecule has 0 saturated heterocycles. The van der Waals surface area contributed by atoms with Gasteiger partial charge in [0.25, 0.3) is 0 Å². The SMILES string of the molecule is NC(CC1CCCC1)c1sccc1Br. The van der Waals surface area contributed by atoms with Crippen LogP contribution in [0, 0.1) is 5.92 Å². The van der Waals surface area contributed by atoms with E-state index in [1.807, 2.05) is 0 Å². The van der Waals surface area contributed by atoms with Crippen molar-refractivity contribution in [3.8, 4) is 0 Å². The van der Waals surface area contributed by atoms with Gasteiger partial charge in [-0.3, -0.25) is 0 Å². The van der Waals surface area contributed by atoms with E-state index in [9.17, 15) is 0 Å². The van der Waals surface area contributed by atoms with E-state index in [1.165, 1.54) is 41.5 Å². The van der Waals surface area contributed by atoms with E-state index in [1.54, 1.807) is 11.3 Å². The van der Waals surface area contributed by atoms with E-state index < -0.39 is 0 Å². The first-order valence-corrected chi connectivity index (χ1v) is 6.93. The molecule has 1 nitrogen and oxygen atoms in total. The van der Waals surface area contributed by atoms with Crippen molar-refractivity contribution in [2.75, 3.05) is 0 Å². The maximum absolute atomic E-state index is 6.20. The number of hydrogen-bond acceptors (Lipinski definition) is 2. The van der Waals surface area contributed by atoms with Crippen LogP contribution in [0.25, 0.3) is 0 Å². The molecular weight excluding hydrogens is 258 g/mol. The van der Waals surface area contributed by atoms with Crippen LogP contribution in [-0.2, 0) is 0 Å². The molecule has 3 heteroatoms. The van der Waals surface area contributed by atoms with Gasteiger partial charge >= 0.3 is 0 Å². The molecular formula is C11H16BrNS. The molecule has 0 bridgehead atoms. The predicted molar refractivity (Wildman–Crippen MR) is 65.5 cm³/mol. The summed E-state index contributed by atoms with van der Waals surface area (Å²) in [6.07, 6.45) is 6.75. The molecule has 2 rings (SSSR count). The maximum Gasteiger partial charge on any atom is 0.0403 e. The number of halogens is 1. The Kier molecular flexibility index (Phi) is 3.63. The van der Waals surface area contributed by atoms with Crippen LogP contribution in [0.5, 0.6) is 0 Å². The molecule has 1 aliphatic carbocycles. The number of nitrogens with two attached hydrogens (primary N) is 1. The van der Waals surface area contributed by atoms with Gasteiger partial charge in [-0.15, -0.1) is 11.3 Å². The summed E-state index contributed by atoms with van der Waals surface area (Å²) in [5.74, 6) is 0.874. The standard InChI is InChI=1S/C11H16BrNS/c12-9-5-6-14-11(9)10(13)7-8-3-1-2-4-8/h5-6,8,10H,1-4,7,13H2. The molecule has 1 saturated carbocycles. The Labute approximate surface area is 97.8 Å². The third-order valence-corrected chi connectivity index (χ3v) is 5.05.